The second kappa shape index (κ2) is 8.76. The molecule has 0 amide bonds. The van der Waals surface area contributed by atoms with E-state index in [9.17, 15) is 0 Å². The van der Waals surface area contributed by atoms with E-state index in [1.807, 2.05) is 0 Å². The number of isocyanates is 1. The van der Waals surface area contributed by atoms with E-state index in [1.54, 1.807) is 0 Å². The number of aliphatic hydroxyl groups excluding tert-OH is 4. The van der Waals surface area contributed by atoms with Crippen LogP contribution in [0, 0.1) is 0 Å². The molecule has 0 aliphatic rings. The Balaban J connectivity index is 0. The minimum absolute atomic E-state index is 0.403. The fraction of sp³-hybridized carbons (Fsp3) is 0.857. The first-order chi connectivity index (χ1) is 6.45. The predicted octanol–water partition coefficient (Wildman–Crippen LogP) is -2.68. The number of aliphatic imine (C=N–C) groups is 1. The van der Waals surface area contributed by atoms with Crippen molar-refractivity contribution in [2.75, 3.05) is 19.8 Å². The van der Waals surface area contributed by atoms with Gasteiger partial charge in [-0.2, -0.15) is 4.99 Å². The number of carbonyl (C=O) groups excluding carboxylic acids is 1. The van der Waals surface area contributed by atoms with Gasteiger partial charge in [-0.3, -0.25) is 0 Å². The molecule has 0 rings (SSSR count). The second-order valence-corrected chi connectivity index (χ2v) is 2.69. The minimum atomic E-state index is -1.21. The molecule has 0 aromatic carbocycles. The maximum absolute atomic E-state index is 9.16. The summed E-state index contributed by atoms with van der Waals surface area (Å²) < 4.78 is 0. The van der Waals surface area contributed by atoms with Crippen molar-refractivity contribution in [3.63, 3.8) is 0 Å². The van der Waals surface area contributed by atoms with Gasteiger partial charge in [0.05, 0.1) is 25.4 Å². The van der Waals surface area contributed by atoms with Gasteiger partial charge in [-0.25, -0.2) is 4.79 Å². The highest BCUT2D eigenvalue weighted by molar-refractivity contribution is 5.32. The molecule has 0 spiro atoms. The third-order valence-corrected chi connectivity index (χ3v) is 1.18. The normalized spacial score (nSPS) is 12.1. The van der Waals surface area contributed by atoms with E-state index >= 15 is 0 Å². The molecule has 0 aromatic heterocycles. The van der Waals surface area contributed by atoms with E-state index in [0.717, 1.165) is 0 Å². The zero-order valence-electron chi connectivity index (χ0n) is 7.92. The molecule has 7 nitrogen and oxygen atoms in total. The average molecular weight is 208 g/mol. The predicted molar refractivity (Wildman–Crippen MR) is 48.0 cm³/mol. The zero-order chi connectivity index (χ0) is 11.6. The van der Waals surface area contributed by atoms with Gasteiger partial charge >= 0.3 is 0 Å². The Morgan fingerprint density at radius 2 is 1.71 bits per heavy atom. The van der Waals surface area contributed by atoms with Gasteiger partial charge in [0.1, 0.15) is 0 Å². The summed E-state index contributed by atoms with van der Waals surface area (Å²) in [4.78, 5) is 12.0. The largest absolute Gasteiger partial charge is 0.394 e. The third kappa shape index (κ3) is 9.27. The molecule has 84 valence electrons. The lowest BCUT2D eigenvalue weighted by atomic mass is 10.1. The lowest BCUT2D eigenvalue weighted by molar-refractivity contribution is 0.0697. The van der Waals surface area contributed by atoms with Gasteiger partial charge in [0.2, 0.25) is 6.08 Å². The van der Waals surface area contributed by atoms with Crippen molar-refractivity contribution >= 4 is 6.08 Å². The fourth-order valence-electron chi connectivity index (χ4n) is 0.226. The first kappa shape index (κ1) is 15.6. The molecule has 14 heavy (non-hydrogen) atoms. The highest BCUT2D eigenvalue weighted by Gasteiger charge is 2.20. The van der Waals surface area contributed by atoms with Crippen LogP contribution in [-0.2, 0) is 4.79 Å². The zero-order valence-corrected chi connectivity index (χ0v) is 7.92. The topological polar surface area (TPSA) is 136 Å². The van der Waals surface area contributed by atoms with Gasteiger partial charge in [0.15, 0.2) is 6.23 Å². The van der Waals surface area contributed by atoms with Crippen molar-refractivity contribution in [1.29, 1.82) is 0 Å². The maximum atomic E-state index is 9.16. The van der Waals surface area contributed by atoms with Crippen LogP contribution in [0.25, 0.3) is 0 Å². The molecule has 0 heterocycles. The standard InChI is InChI=1S/C4H11NO3.C3H5NO2/c5-4(1-6,2-7)3-8;1-3(6)4-2-5/h6-8H,1-3,5H2;3,6H,1H3. The van der Waals surface area contributed by atoms with Crippen LogP contribution in [-0.4, -0.2) is 58.1 Å². The van der Waals surface area contributed by atoms with Crippen LogP contribution >= 0.6 is 0 Å². The number of nitrogens with two attached hydrogens (primary N) is 1. The number of hydrogen-bond acceptors (Lipinski definition) is 7. The quantitative estimate of drug-likeness (QED) is 0.252. The summed E-state index contributed by atoms with van der Waals surface area (Å²) in [6, 6.07) is 0. The molecular formula is C7H16N2O5. The van der Waals surface area contributed by atoms with Crippen LogP contribution in [0.5, 0.6) is 0 Å². The van der Waals surface area contributed by atoms with Crippen LogP contribution in [0.4, 0.5) is 0 Å². The average Bonchev–Trinajstić information content (AvgIpc) is 2.17. The van der Waals surface area contributed by atoms with E-state index in [2.05, 4.69) is 4.99 Å². The number of nitrogens with zero attached hydrogens (tertiary/aromatic N) is 1. The van der Waals surface area contributed by atoms with Crippen LogP contribution in [0.1, 0.15) is 6.92 Å². The molecule has 1 atom stereocenters. The molecule has 0 aliphatic carbocycles. The summed E-state index contributed by atoms with van der Waals surface area (Å²) in [5.41, 5.74) is 3.94. The summed E-state index contributed by atoms with van der Waals surface area (Å²) in [6.07, 6.45) is 0.292. The summed E-state index contributed by atoms with van der Waals surface area (Å²) in [7, 11) is 0. The van der Waals surface area contributed by atoms with Gasteiger partial charge < -0.3 is 26.2 Å². The van der Waals surface area contributed by atoms with Gasteiger partial charge in [-0.05, 0) is 6.92 Å². The Morgan fingerprint density at radius 3 is 1.71 bits per heavy atom. The highest BCUT2D eigenvalue weighted by atomic mass is 16.3. The van der Waals surface area contributed by atoms with Crippen molar-refractivity contribution in [3.8, 4) is 0 Å². The first-order valence-corrected chi connectivity index (χ1v) is 3.82. The van der Waals surface area contributed by atoms with Crippen LogP contribution in [0.2, 0.25) is 0 Å². The SMILES string of the molecule is CC(O)N=C=O.NC(CO)(CO)CO. The van der Waals surface area contributed by atoms with Crippen molar-refractivity contribution in [2.45, 2.75) is 18.7 Å². The number of aliphatic hydroxyl groups is 4. The lowest BCUT2D eigenvalue weighted by Gasteiger charge is -2.20. The Labute approximate surface area is 81.5 Å². The molecule has 1 unspecified atom stereocenters. The summed E-state index contributed by atoms with van der Waals surface area (Å²) in [5.74, 6) is 0. The molecule has 0 fully saturated rings. The van der Waals surface area contributed by atoms with Crippen molar-refractivity contribution in [2.24, 2.45) is 10.7 Å². The van der Waals surface area contributed by atoms with Gasteiger partial charge in [-0.15, -0.1) is 0 Å². The number of rotatable bonds is 4. The van der Waals surface area contributed by atoms with Crippen LogP contribution in [0.3, 0.4) is 0 Å². The Morgan fingerprint density at radius 1 is 1.36 bits per heavy atom. The fourth-order valence-corrected chi connectivity index (χ4v) is 0.226. The Hall–Kier alpha value is -0.820. The molecule has 7 heteroatoms. The molecule has 0 radical (unpaired) electrons. The summed E-state index contributed by atoms with van der Waals surface area (Å²) >= 11 is 0. The molecule has 0 aliphatic heterocycles. The Kier molecular flexibility index (Phi) is 9.79. The minimum Gasteiger partial charge on any atom is -0.394 e. The molecule has 0 saturated heterocycles. The maximum Gasteiger partial charge on any atom is 0.237 e. The van der Waals surface area contributed by atoms with Crippen LogP contribution in [0.15, 0.2) is 4.99 Å². The molecule has 0 aromatic rings. The van der Waals surface area contributed by atoms with E-state index < -0.39 is 31.6 Å². The van der Waals surface area contributed by atoms with E-state index in [4.69, 9.17) is 31.0 Å². The number of hydrogen-bond donors (Lipinski definition) is 5. The summed E-state index contributed by atoms with van der Waals surface area (Å²) in [5, 5.41) is 33.1. The summed E-state index contributed by atoms with van der Waals surface area (Å²) in [6.45, 7) is 0.172. The van der Waals surface area contributed by atoms with Crippen molar-refractivity contribution < 1.29 is 25.2 Å². The molecule has 6 N–H and O–H groups in total. The smallest absolute Gasteiger partial charge is 0.237 e. The Bertz CT molecular complexity index is 167. The highest BCUT2D eigenvalue weighted by Crippen LogP contribution is 1.93. The van der Waals surface area contributed by atoms with Crippen molar-refractivity contribution in [1.82, 2.24) is 0 Å². The molecule has 0 bridgehead atoms. The van der Waals surface area contributed by atoms with Gasteiger partial charge in [0, 0.05) is 0 Å². The monoisotopic (exact) mass is 208 g/mol. The van der Waals surface area contributed by atoms with Gasteiger partial charge in [0.25, 0.3) is 0 Å². The van der Waals surface area contributed by atoms with Crippen molar-refractivity contribution in [3.05, 3.63) is 0 Å². The third-order valence-electron chi connectivity index (χ3n) is 1.18. The van der Waals surface area contributed by atoms with Gasteiger partial charge in [-0.1, -0.05) is 0 Å². The van der Waals surface area contributed by atoms with E-state index in [1.165, 1.54) is 13.0 Å². The lowest BCUT2D eigenvalue weighted by Crippen LogP contribution is -2.50. The molecular weight excluding hydrogens is 192 g/mol. The van der Waals surface area contributed by atoms with E-state index in [-0.39, 0.29) is 0 Å². The first-order valence-electron chi connectivity index (χ1n) is 3.82. The van der Waals surface area contributed by atoms with Crippen LogP contribution < -0.4 is 5.73 Å². The van der Waals surface area contributed by atoms with E-state index in [0.29, 0.717) is 0 Å². The molecule has 0 saturated carbocycles. The second-order valence-electron chi connectivity index (χ2n) is 2.69.